The third-order valence-corrected chi connectivity index (χ3v) is 2.34. The van der Waals surface area contributed by atoms with E-state index < -0.39 is 0 Å². The number of hydrogen-bond acceptors (Lipinski definition) is 2. The molecule has 0 atom stereocenters. The van der Waals surface area contributed by atoms with Gasteiger partial charge in [-0.2, -0.15) is 0 Å². The summed E-state index contributed by atoms with van der Waals surface area (Å²) in [5.74, 6) is 0.753. The Morgan fingerprint density at radius 1 is 1.24 bits per heavy atom. The van der Waals surface area contributed by atoms with Crippen molar-refractivity contribution in [3.8, 4) is 0 Å². The van der Waals surface area contributed by atoms with Gasteiger partial charge in [0.2, 0.25) is 0 Å². The molecule has 0 aliphatic carbocycles. The van der Waals surface area contributed by atoms with Crippen molar-refractivity contribution >= 4 is 0 Å². The van der Waals surface area contributed by atoms with Gasteiger partial charge in [-0.3, -0.25) is 4.98 Å². The van der Waals surface area contributed by atoms with E-state index in [1.54, 1.807) is 0 Å². The zero-order chi connectivity index (χ0) is 12.9. The van der Waals surface area contributed by atoms with Crippen molar-refractivity contribution in [3.63, 3.8) is 0 Å². The third kappa shape index (κ3) is 10.0. The van der Waals surface area contributed by atoms with Crippen LogP contribution in [0, 0.1) is 5.92 Å². The highest BCUT2D eigenvalue weighted by Crippen LogP contribution is 2.02. The predicted molar refractivity (Wildman–Crippen MR) is 76.2 cm³/mol. The van der Waals surface area contributed by atoms with Crippen LogP contribution in [0.5, 0.6) is 0 Å². The van der Waals surface area contributed by atoms with Crippen molar-refractivity contribution in [2.24, 2.45) is 5.92 Å². The molecule has 0 saturated heterocycles. The number of pyridine rings is 1. The molecule has 2 nitrogen and oxygen atoms in total. The number of nitrogens with zero attached hydrogens (tertiary/aromatic N) is 1. The van der Waals surface area contributed by atoms with E-state index in [0.717, 1.165) is 25.4 Å². The van der Waals surface area contributed by atoms with Crippen LogP contribution in [-0.4, -0.2) is 18.1 Å². The van der Waals surface area contributed by atoms with E-state index in [-0.39, 0.29) is 0 Å². The molecule has 2 heteroatoms. The van der Waals surface area contributed by atoms with E-state index in [1.807, 2.05) is 32.3 Å². The van der Waals surface area contributed by atoms with Crippen LogP contribution in [0.4, 0.5) is 0 Å². The molecule has 0 saturated carbocycles. The van der Waals surface area contributed by atoms with Crippen LogP contribution < -0.4 is 5.32 Å². The lowest BCUT2D eigenvalue weighted by Gasteiger charge is -2.06. The van der Waals surface area contributed by atoms with Crippen molar-refractivity contribution in [2.45, 2.75) is 47.0 Å². The fourth-order valence-corrected chi connectivity index (χ4v) is 1.52. The quantitative estimate of drug-likeness (QED) is 0.731. The fraction of sp³-hybridized carbons (Fsp3) is 0.667. The van der Waals surface area contributed by atoms with Gasteiger partial charge >= 0.3 is 0 Å². The van der Waals surface area contributed by atoms with Gasteiger partial charge in [0.05, 0.1) is 0 Å². The molecule has 0 fully saturated rings. The molecular weight excluding hydrogens is 208 g/mol. The molecule has 1 rings (SSSR count). The van der Waals surface area contributed by atoms with Crippen LogP contribution >= 0.6 is 0 Å². The Kier molecular flexibility index (Phi) is 11.0. The summed E-state index contributed by atoms with van der Waals surface area (Å²) in [4.78, 5) is 4.11. The van der Waals surface area contributed by atoms with Crippen molar-refractivity contribution in [2.75, 3.05) is 13.1 Å². The number of rotatable bonds is 7. The Bertz CT molecular complexity index is 244. The average Bonchev–Trinajstić information content (AvgIpc) is 2.37. The zero-order valence-corrected chi connectivity index (χ0v) is 11.9. The summed E-state index contributed by atoms with van der Waals surface area (Å²) in [5, 5.41) is 3.46. The standard InChI is InChI=1S/C13H22N2.C2H6/c1-12(2)10-14-8-4-3-6-13-7-5-9-15-11-13;1-2/h5,7,9,11-12,14H,3-4,6,8,10H2,1-2H3;1-2H3. The van der Waals surface area contributed by atoms with Crippen molar-refractivity contribution in [1.82, 2.24) is 10.3 Å². The third-order valence-electron chi connectivity index (χ3n) is 2.34. The van der Waals surface area contributed by atoms with Gasteiger partial charge in [0.25, 0.3) is 0 Å². The Labute approximate surface area is 107 Å². The maximum atomic E-state index is 4.11. The lowest BCUT2D eigenvalue weighted by Crippen LogP contribution is -2.20. The summed E-state index contributed by atoms with van der Waals surface area (Å²) in [6, 6.07) is 4.15. The molecule has 0 unspecified atom stereocenters. The number of aryl methyl sites for hydroxylation is 1. The zero-order valence-electron chi connectivity index (χ0n) is 11.9. The number of aromatic nitrogens is 1. The highest BCUT2D eigenvalue weighted by molar-refractivity contribution is 5.08. The van der Waals surface area contributed by atoms with E-state index in [1.165, 1.54) is 18.4 Å². The minimum atomic E-state index is 0.753. The van der Waals surface area contributed by atoms with Crippen molar-refractivity contribution in [3.05, 3.63) is 30.1 Å². The van der Waals surface area contributed by atoms with Crippen LogP contribution in [0.1, 0.15) is 46.1 Å². The van der Waals surface area contributed by atoms with Gasteiger partial charge in [-0.05, 0) is 49.9 Å². The molecule has 0 aromatic carbocycles. The number of nitrogens with one attached hydrogen (secondary N) is 1. The lowest BCUT2D eigenvalue weighted by atomic mass is 10.1. The molecule has 1 aromatic rings. The normalized spacial score (nSPS) is 9.94. The molecular formula is C15H28N2. The molecule has 1 heterocycles. The summed E-state index contributed by atoms with van der Waals surface area (Å²) >= 11 is 0. The summed E-state index contributed by atoms with van der Waals surface area (Å²) in [6.45, 7) is 10.7. The van der Waals surface area contributed by atoms with Gasteiger partial charge in [0, 0.05) is 12.4 Å². The van der Waals surface area contributed by atoms with Crippen LogP contribution in [0.15, 0.2) is 24.5 Å². The second-order valence-electron chi connectivity index (χ2n) is 4.42. The molecule has 1 N–H and O–H groups in total. The topological polar surface area (TPSA) is 24.9 Å². The summed E-state index contributed by atoms with van der Waals surface area (Å²) < 4.78 is 0. The Morgan fingerprint density at radius 3 is 2.59 bits per heavy atom. The average molecular weight is 236 g/mol. The van der Waals surface area contributed by atoms with Gasteiger partial charge < -0.3 is 5.32 Å². The highest BCUT2D eigenvalue weighted by atomic mass is 14.8. The molecule has 1 aromatic heterocycles. The largest absolute Gasteiger partial charge is 0.316 e. The van der Waals surface area contributed by atoms with Crippen LogP contribution in [0.25, 0.3) is 0 Å². The first-order chi connectivity index (χ1) is 8.29. The highest BCUT2D eigenvalue weighted by Gasteiger charge is 1.94. The summed E-state index contributed by atoms with van der Waals surface area (Å²) in [6.07, 6.45) is 7.44. The first-order valence-electron chi connectivity index (χ1n) is 6.88. The number of hydrogen-bond donors (Lipinski definition) is 1. The molecule has 17 heavy (non-hydrogen) atoms. The first kappa shape index (κ1) is 16.1. The SMILES string of the molecule is CC.CC(C)CNCCCCc1cccnc1. The van der Waals surface area contributed by atoms with Gasteiger partial charge in [0.15, 0.2) is 0 Å². The maximum Gasteiger partial charge on any atom is 0.0299 e. The van der Waals surface area contributed by atoms with Gasteiger partial charge in [-0.25, -0.2) is 0 Å². The second kappa shape index (κ2) is 11.6. The fourth-order valence-electron chi connectivity index (χ4n) is 1.52. The Hall–Kier alpha value is -0.890. The minimum Gasteiger partial charge on any atom is -0.316 e. The van der Waals surface area contributed by atoms with Gasteiger partial charge in [0.1, 0.15) is 0 Å². The summed E-state index contributed by atoms with van der Waals surface area (Å²) in [7, 11) is 0. The maximum absolute atomic E-state index is 4.11. The Balaban J connectivity index is 0.00000121. The van der Waals surface area contributed by atoms with Crippen LogP contribution in [0.3, 0.4) is 0 Å². The molecule has 0 spiro atoms. The van der Waals surface area contributed by atoms with E-state index in [4.69, 9.17) is 0 Å². The smallest absolute Gasteiger partial charge is 0.0299 e. The number of unbranched alkanes of at least 4 members (excludes halogenated alkanes) is 1. The molecule has 0 aliphatic rings. The molecule has 0 radical (unpaired) electrons. The molecule has 0 bridgehead atoms. The van der Waals surface area contributed by atoms with E-state index in [9.17, 15) is 0 Å². The predicted octanol–water partition coefficient (Wildman–Crippen LogP) is 3.68. The first-order valence-corrected chi connectivity index (χ1v) is 6.88. The van der Waals surface area contributed by atoms with E-state index >= 15 is 0 Å². The van der Waals surface area contributed by atoms with Crippen molar-refractivity contribution in [1.29, 1.82) is 0 Å². The van der Waals surface area contributed by atoms with Gasteiger partial charge in [-0.1, -0.05) is 33.8 Å². The Morgan fingerprint density at radius 2 is 2.00 bits per heavy atom. The lowest BCUT2D eigenvalue weighted by molar-refractivity contribution is 0.535. The molecule has 0 amide bonds. The molecule has 0 aliphatic heterocycles. The summed E-state index contributed by atoms with van der Waals surface area (Å²) in [5.41, 5.74) is 1.35. The minimum absolute atomic E-state index is 0.753. The van der Waals surface area contributed by atoms with E-state index in [2.05, 4.69) is 30.2 Å². The second-order valence-corrected chi connectivity index (χ2v) is 4.42. The van der Waals surface area contributed by atoms with Crippen LogP contribution in [0.2, 0.25) is 0 Å². The molecule has 98 valence electrons. The van der Waals surface area contributed by atoms with Crippen LogP contribution in [-0.2, 0) is 6.42 Å². The monoisotopic (exact) mass is 236 g/mol. The van der Waals surface area contributed by atoms with Gasteiger partial charge in [-0.15, -0.1) is 0 Å². The van der Waals surface area contributed by atoms with Crippen molar-refractivity contribution < 1.29 is 0 Å². The van der Waals surface area contributed by atoms with E-state index in [0.29, 0.717) is 0 Å².